The molecule has 0 heterocycles. The number of benzene rings is 2. The van der Waals surface area contributed by atoms with Gasteiger partial charge in [-0.1, -0.05) is 17.7 Å². The summed E-state index contributed by atoms with van der Waals surface area (Å²) in [4.78, 5) is 1.28. The summed E-state index contributed by atoms with van der Waals surface area (Å²) in [5.74, 6) is 1.81. The van der Waals surface area contributed by atoms with Crippen LogP contribution in [0.25, 0.3) is 0 Å². The van der Waals surface area contributed by atoms with E-state index >= 15 is 0 Å². The Bertz CT molecular complexity index is 431. The molecule has 0 spiro atoms. The molecule has 2 rings (SSSR count). The van der Waals surface area contributed by atoms with Crippen LogP contribution in [0.5, 0.6) is 5.75 Å². The predicted molar refractivity (Wildman–Crippen MR) is 78.3 cm³/mol. The molecule has 0 aliphatic rings. The highest BCUT2D eigenvalue weighted by atomic mass is 32.2. The van der Waals surface area contributed by atoms with Crippen molar-refractivity contribution in [2.24, 2.45) is 0 Å². The molecule has 0 aliphatic heterocycles. The Kier molecular flexibility index (Phi) is 4.53. The first-order valence-electron chi connectivity index (χ1n) is 5.92. The van der Waals surface area contributed by atoms with Crippen LogP contribution < -0.4 is 10.5 Å². The molecule has 0 aromatic heterocycles. The van der Waals surface area contributed by atoms with Gasteiger partial charge in [0, 0.05) is 16.3 Å². The lowest BCUT2D eigenvalue weighted by Crippen LogP contribution is -2.00. The molecule has 0 radical (unpaired) electrons. The fraction of sp³-hybridized carbons (Fsp3) is 0.200. The highest BCUT2D eigenvalue weighted by Gasteiger charge is 1.96. The molecular weight excluding hydrogens is 242 g/mol. The van der Waals surface area contributed by atoms with Gasteiger partial charge in [0.25, 0.3) is 0 Å². The summed E-state index contributed by atoms with van der Waals surface area (Å²) in [6.07, 6.45) is 0. The summed E-state index contributed by atoms with van der Waals surface area (Å²) in [7, 11) is 0. The zero-order chi connectivity index (χ0) is 12.8. The number of rotatable bonds is 5. The van der Waals surface area contributed by atoms with Gasteiger partial charge in [-0.3, -0.25) is 0 Å². The van der Waals surface area contributed by atoms with Crippen molar-refractivity contribution in [1.82, 2.24) is 0 Å². The number of ether oxygens (including phenoxy) is 1. The molecule has 94 valence electrons. The van der Waals surface area contributed by atoms with E-state index < -0.39 is 0 Å². The second kappa shape index (κ2) is 6.36. The van der Waals surface area contributed by atoms with Gasteiger partial charge in [-0.15, -0.1) is 11.8 Å². The smallest absolute Gasteiger partial charge is 0.119 e. The maximum Gasteiger partial charge on any atom is 0.119 e. The van der Waals surface area contributed by atoms with Gasteiger partial charge in [0.1, 0.15) is 5.75 Å². The molecule has 0 saturated carbocycles. The van der Waals surface area contributed by atoms with Gasteiger partial charge in [0.05, 0.1) is 6.61 Å². The number of aryl methyl sites for hydroxylation is 1. The summed E-state index contributed by atoms with van der Waals surface area (Å²) < 4.78 is 5.63. The molecule has 0 unspecified atom stereocenters. The monoisotopic (exact) mass is 259 g/mol. The third-order valence-electron chi connectivity index (χ3n) is 2.52. The van der Waals surface area contributed by atoms with Crippen LogP contribution in [0.15, 0.2) is 53.4 Å². The van der Waals surface area contributed by atoms with Crippen molar-refractivity contribution in [2.45, 2.75) is 11.8 Å². The Hall–Kier alpha value is -1.61. The lowest BCUT2D eigenvalue weighted by atomic mass is 10.2. The van der Waals surface area contributed by atoms with Gasteiger partial charge in [0.15, 0.2) is 0 Å². The fourth-order valence-corrected chi connectivity index (χ4v) is 2.25. The van der Waals surface area contributed by atoms with E-state index in [0.717, 1.165) is 17.2 Å². The van der Waals surface area contributed by atoms with Crippen LogP contribution in [-0.4, -0.2) is 12.4 Å². The maximum atomic E-state index is 5.63. The van der Waals surface area contributed by atoms with Gasteiger partial charge in [-0.25, -0.2) is 0 Å². The van der Waals surface area contributed by atoms with Crippen molar-refractivity contribution in [1.29, 1.82) is 0 Å². The number of hydrogen-bond donors (Lipinski definition) is 1. The van der Waals surface area contributed by atoms with E-state index in [2.05, 4.69) is 31.2 Å². The van der Waals surface area contributed by atoms with Gasteiger partial charge < -0.3 is 10.5 Å². The third-order valence-corrected chi connectivity index (χ3v) is 3.50. The first-order valence-corrected chi connectivity index (χ1v) is 6.90. The molecule has 2 nitrogen and oxygen atoms in total. The van der Waals surface area contributed by atoms with Crippen LogP contribution in [0.1, 0.15) is 5.56 Å². The predicted octanol–water partition coefficient (Wildman–Crippen LogP) is 3.75. The first kappa shape index (κ1) is 12.8. The normalized spacial score (nSPS) is 10.3. The summed E-state index contributed by atoms with van der Waals surface area (Å²) in [5, 5.41) is 0. The second-order valence-corrected chi connectivity index (χ2v) is 5.25. The van der Waals surface area contributed by atoms with E-state index in [-0.39, 0.29) is 0 Å². The molecule has 0 amide bonds. The molecule has 2 aromatic carbocycles. The first-order chi connectivity index (χ1) is 8.74. The number of nitrogens with two attached hydrogens (primary N) is 1. The molecule has 3 heteroatoms. The molecule has 0 atom stereocenters. The highest BCUT2D eigenvalue weighted by molar-refractivity contribution is 7.99. The molecule has 0 bridgehead atoms. The second-order valence-electron chi connectivity index (χ2n) is 4.08. The number of nitrogen functional groups attached to an aromatic ring is 1. The minimum absolute atomic E-state index is 0.697. The Labute approximate surface area is 112 Å². The summed E-state index contributed by atoms with van der Waals surface area (Å²) >= 11 is 1.80. The van der Waals surface area contributed by atoms with Gasteiger partial charge in [-0.2, -0.15) is 0 Å². The van der Waals surface area contributed by atoms with Gasteiger partial charge >= 0.3 is 0 Å². The Morgan fingerprint density at radius 1 is 1.00 bits per heavy atom. The molecule has 0 fully saturated rings. The molecule has 2 N–H and O–H groups in total. The van der Waals surface area contributed by atoms with E-state index in [1.54, 1.807) is 11.8 Å². The van der Waals surface area contributed by atoms with Crippen molar-refractivity contribution >= 4 is 17.4 Å². The zero-order valence-electron chi connectivity index (χ0n) is 10.4. The largest absolute Gasteiger partial charge is 0.493 e. The van der Waals surface area contributed by atoms with Crippen molar-refractivity contribution in [3.63, 3.8) is 0 Å². The van der Waals surface area contributed by atoms with E-state index in [9.17, 15) is 0 Å². The van der Waals surface area contributed by atoms with Crippen LogP contribution >= 0.6 is 11.8 Å². The van der Waals surface area contributed by atoms with E-state index in [1.165, 1.54) is 10.5 Å². The average Bonchev–Trinajstić information content (AvgIpc) is 2.39. The SMILES string of the molecule is Cc1ccc(SCCOc2ccc(N)cc2)cc1. The number of anilines is 1. The fourth-order valence-electron chi connectivity index (χ4n) is 1.52. The molecular formula is C15H17NOS. The number of thioether (sulfide) groups is 1. The summed E-state index contributed by atoms with van der Waals surface area (Å²) in [6.45, 7) is 2.79. The van der Waals surface area contributed by atoms with Crippen molar-refractivity contribution < 1.29 is 4.74 Å². The van der Waals surface area contributed by atoms with Crippen molar-refractivity contribution in [3.8, 4) is 5.75 Å². The van der Waals surface area contributed by atoms with Crippen LogP contribution in [0.4, 0.5) is 5.69 Å². The Balaban J connectivity index is 1.73. The van der Waals surface area contributed by atoms with Crippen LogP contribution in [-0.2, 0) is 0 Å². The Morgan fingerprint density at radius 2 is 1.67 bits per heavy atom. The minimum atomic E-state index is 0.697. The van der Waals surface area contributed by atoms with E-state index in [4.69, 9.17) is 10.5 Å². The topological polar surface area (TPSA) is 35.2 Å². The lowest BCUT2D eigenvalue weighted by molar-refractivity contribution is 0.344. The van der Waals surface area contributed by atoms with E-state index in [0.29, 0.717) is 6.61 Å². The Morgan fingerprint density at radius 3 is 2.33 bits per heavy atom. The molecule has 18 heavy (non-hydrogen) atoms. The summed E-state index contributed by atoms with van der Waals surface area (Å²) in [5.41, 5.74) is 7.66. The lowest BCUT2D eigenvalue weighted by Gasteiger charge is -2.06. The van der Waals surface area contributed by atoms with Crippen LogP contribution in [0.2, 0.25) is 0 Å². The van der Waals surface area contributed by atoms with Crippen molar-refractivity contribution in [3.05, 3.63) is 54.1 Å². The summed E-state index contributed by atoms with van der Waals surface area (Å²) in [6, 6.07) is 16.0. The van der Waals surface area contributed by atoms with Crippen LogP contribution in [0, 0.1) is 6.92 Å². The minimum Gasteiger partial charge on any atom is -0.493 e. The van der Waals surface area contributed by atoms with Crippen LogP contribution in [0.3, 0.4) is 0 Å². The standard InChI is InChI=1S/C15H17NOS/c1-12-2-8-15(9-3-12)18-11-10-17-14-6-4-13(16)5-7-14/h2-9H,10-11,16H2,1H3. The molecule has 0 aliphatic carbocycles. The van der Waals surface area contributed by atoms with E-state index in [1.807, 2.05) is 24.3 Å². The maximum absolute atomic E-state index is 5.63. The van der Waals surface area contributed by atoms with Gasteiger partial charge in [-0.05, 0) is 43.3 Å². The third kappa shape index (κ3) is 4.00. The van der Waals surface area contributed by atoms with Crippen molar-refractivity contribution in [2.75, 3.05) is 18.1 Å². The van der Waals surface area contributed by atoms with Gasteiger partial charge in [0.2, 0.25) is 0 Å². The average molecular weight is 259 g/mol. The quantitative estimate of drug-likeness (QED) is 0.504. The highest BCUT2D eigenvalue weighted by Crippen LogP contribution is 2.19. The number of hydrogen-bond acceptors (Lipinski definition) is 3. The molecule has 0 saturated heterocycles. The zero-order valence-corrected chi connectivity index (χ0v) is 11.2. The molecule has 2 aromatic rings.